The topological polar surface area (TPSA) is 93.1 Å². The third-order valence-electron chi connectivity index (χ3n) is 3.80. The summed E-state index contributed by atoms with van der Waals surface area (Å²) in [5.41, 5.74) is -0.313. The summed E-state index contributed by atoms with van der Waals surface area (Å²) in [6.07, 6.45) is -0.0836. The molecule has 1 saturated heterocycles. The van der Waals surface area contributed by atoms with Crippen LogP contribution in [-0.4, -0.2) is 77.4 Å². The predicted octanol–water partition coefficient (Wildman–Crippen LogP) is 0.195. The Morgan fingerprint density at radius 3 is 2.19 bits per heavy atom. The van der Waals surface area contributed by atoms with Gasteiger partial charge in [0.15, 0.2) is 0 Å². The van der Waals surface area contributed by atoms with Crippen LogP contribution in [0.1, 0.15) is 27.2 Å². The van der Waals surface area contributed by atoms with Crippen LogP contribution in [0.25, 0.3) is 0 Å². The van der Waals surface area contributed by atoms with Crippen molar-refractivity contribution in [2.45, 2.75) is 33.2 Å². The summed E-state index contributed by atoms with van der Waals surface area (Å²) in [7, 11) is 0. The van der Waals surface area contributed by atoms with E-state index in [4.69, 9.17) is 10.2 Å². The van der Waals surface area contributed by atoms with Crippen LogP contribution in [0, 0.1) is 5.41 Å². The Morgan fingerprint density at radius 2 is 1.76 bits per heavy atom. The van der Waals surface area contributed by atoms with Gasteiger partial charge in [-0.15, -0.1) is 0 Å². The number of nitrogens with one attached hydrogen (secondary N) is 1. The number of urea groups is 1. The first kappa shape index (κ1) is 17.7. The van der Waals surface area contributed by atoms with Gasteiger partial charge in [0.25, 0.3) is 0 Å². The van der Waals surface area contributed by atoms with Crippen LogP contribution in [0.2, 0.25) is 0 Å². The minimum atomic E-state index is -0.914. The molecule has 2 amide bonds. The molecule has 1 heterocycles. The number of carbonyl (C=O) groups is 2. The first-order chi connectivity index (χ1) is 9.74. The second kappa shape index (κ2) is 7.61. The zero-order valence-electron chi connectivity index (χ0n) is 13.1. The molecule has 7 nitrogen and oxygen atoms in total. The van der Waals surface area contributed by atoms with Gasteiger partial charge in [-0.25, -0.2) is 4.79 Å². The lowest BCUT2D eigenvalue weighted by atomic mass is 9.85. The summed E-state index contributed by atoms with van der Waals surface area (Å²) in [6, 6.07) is -0.613. The van der Waals surface area contributed by atoms with Crippen LogP contribution >= 0.6 is 0 Å². The lowest BCUT2D eigenvalue weighted by Gasteiger charge is -2.37. The molecule has 1 unspecified atom stereocenters. The van der Waals surface area contributed by atoms with E-state index in [1.54, 1.807) is 4.90 Å². The maximum absolute atomic E-state index is 12.3. The molecule has 7 heteroatoms. The number of nitrogens with zero attached hydrogens (tertiary/aromatic N) is 2. The summed E-state index contributed by atoms with van der Waals surface area (Å²) < 4.78 is 0. The van der Waals surface area contributed by atoms with E-state index in [-0.39, 0.29) is 24.5 Å². The fourth-order valence-electron chi connectivity index (χ4n) is 2.30. The number of aliphatic hydroxyl groups is 1. The molecule has 1 aliphatic rings. The third-order valence-corrected chi connectivity index (χ3v) is 3.80. The van der Waals surface area contributed by atoms with Gasteiger partial charge in [-0.3, -0.25) is 9.69 Å². The first-order valence-electron chi connectivity index (χ1n) is 7.34. The Labute approximate surface area is 125 Å². The van der Waals surface area contributed by atoms with Crippen LogP contribution in [0.3, 0.4) is 0 Å². The molecular weight excluding hydrogens is 274 g/mol. The SMILES string of the molecule is CC(C)(C)C(CC(=O)O)NC(=O)N1CCN(CCO)CC1. The van der Waals surface area contributed by atoms with Gasteiger partial charge < -0.3 is 20.4 Å². The summed E-state index contributed by atoms with van der Waals surface area (Å²) in [4.78, 5) is 27.0. The maximum atomic E-state index is 12.3. The molecule has 1 fully saturated rings. The van der Waals surface area contributed by atoms with Gasteiger partial charge in [0.1, 0.15) is 0 Å². The molecule has 1 rings (SSSR count). The van der Waals surface area contributed by atoms with Gasteiger partial charge in [-0.05, 0) is 5.41 Å². The summed E-state index contributed by atoms with van der Waals surface area (Å²) in [5.74, 6) is -0.914. The Morgan fingerprint density at radius 1 is 1.19 bits per heavy atom. The normalized spacial score (nSPS) is 18.4. The first-order valence-corrected chi connectivity index (χ1v) is 7.34. The van der Waals surface area contributed by atoms with Crippen LogP contribution in [0.4, 0.5) is 4.79 Å². The van der Waals surface area contributed by atoms with Crippen molar-refractivity contribution in [1.29, 1.82) is 0 Å². The molecule has 21 heavy (non-hydrogen) atoms. The van der Waals surface area contributed by atoms with Gasteiger partial charge in [-0.2, -0.15) is 0 Å². The van der Waals surface area contributed by atoms with Gasteiger partial charge in [0, 0.05) is 38.8 Å². The highest BCUT2D eigenvalue weighted by atomic mass is 16.4. The Bertz CT molecular complexity index is 360. The van der Waals surface area contributed by atoms with Crippen LogP contribution in [-0.2, 0) is 4.79 Å². The fraction of sp³-hybridized carbons (Fsp3) is 0.857. The number of piperazine rings is 1. The molecule has 0 aromatic rings. The molecule has 0 aromatic carbocycles. The number of hydrogen-bond acceptors (Lipinski definition) is 4. The molecule has 0 aliphatic carbocycles. The number of β-amino-alcohol motifs (C(OH)–C–C–N with tert-alkyl or cyclic N) is 1. The van der Waals surface area contributed by atoms with Crippen molar-refractivity contribution < 1.29 is 19.8 Å². The quantitative estimate of drug-likeness (QED) is 0.674. The maximum Gasteiger partial charge on any atom is 0.317 e. The van der Waals surface area contributed by atoms with E-state index in [2.05, 4.69) is 10.2 Å². The lowest BCUT2D eigenvalue weighted by molar-refractivity contribution is -0.138. The molecular formula is C14H27N3O4. The second-order valence-electron chi connectivity index (χ2n) is 6.52. The van der Waals surface area contributed by atoms with E-state index in [0.29, 0.717) is 19.6 Å². The average Bonchev–Trinajstić information content (AvgIpc) is 2.37. The van der Waals surface area contributed by atoms with Crippen molar-refractivity contribution >= 4 is 12.0 Å². The van der Waals surface area contributed by atoms with E-state index in [1.165, 1.54) is 0 Å². The van der Waals surface area contributed by atoms with Gasteiger partial charge in [0.2, 0.25) is 0 Å². The van der Waals surface area contributed by atoms with Crippen LogP contribution < -0.4 is 5.32 Å². The van der Waals surface area contributed by atoms with Gasteiger partial charge in [0.05, 0.1) is 13.0 Å². The van der Waals surface area contributed by atoms with Crippen molar-refractivity contribution in [3.8, 4) is 0 Å². The number of hydrogen-bond donors (Lipinski definition) is 3. The summed E-state index contributed by atoms with van der Waals surface area (Å²) in [6.45, 7) is 9.14. The number of carboxylic acids is 1. The van der Waals surface area contributed by atoms with E-state index in [9.17, 15) is 9.59 Å². The zero-order valence-corrected chi connectivity index (χ0v) is 13.1. The van der Waals surface area contributed by atoms with Gasteiger partial charge >= 0.3 is 12.0 Å². The van der Waals surface area contributed by atoms with Crippen molar-refractivity contribution in [2.75, 3.05) is 39.3 Å². The number of carbonyl (C=O) groups excluding carboxylic acids is 1. The minimum Gasteiger partial charge on any atom is -0.481 e. The average molecular weight is 301 g/mol. The van der Waals surface area contributed by atoms with E-state index in [0.717, 1.165) is 13.1 Å². The smallest absolute Gasteiger partial charge is 0.317 e. The molecule has 0 saturated carbocycles. The lowest BCUT2D eigenvalue weighted by Crippen LogP contribution is -2.55. The molecule has 122 valence electrons. The van der Waals surface area contributed by atoms with Crippen LogP contribution in [0.15, 0.2) is 0 Å². The minimum absolute atomic E-state index is 0.0836. The second-order valence-corrected chi connectivity index (χ2v) is 6.52. The Balaban J connectivity index is 2.53. The van der Waals surface area contributed by atoms with Crippen molar-refractivity contribution in [1.82, 2.24) is 15.1 Å². The Hall–Kier alpha value is -1.34. The van der Waals surface area contributed by atoms with Crippen LogP contribution in [0.5, 0.6) is 0 Å². The number of carboxylic acid groups (broad SMARTS) is 1. The number of aliphatic hydroxyl groups excluding tert-OH is 1. The molecule has 3 N–H and O–H groups in total. The van der Waals surface area contributed by atoms with Crippen molar-refractivity contribution in [3.05, 3.63) is 0 Å². The van der Waals surface area contributed by atoms with E-state index < -0.39 is 12.0 Å². The molecule has 0 bridgehead atoms. The molecule has 0 radical (unpaired) electrons. The predicted molar refractivity (Wildman–Crippen MR) is 79.1 cm³/mol. The fourth-order valence-corrected chi connectivity index (χ4v) is 2.30. The van der Waals surface area contributed by atoms with E-state index in [1.807, 2.05) is 20.8 Å². The van der Waals surface area contributed by atoms with E-state index >= 15 is 0 Å². The molecule has 0 aromatic heterocycles. The Kier molecular flexibility index (Phi) is 6.42. The molecule has 1 aliphatic heterocycles. The monoisotopic (exact) mass is 301 g/mol. The highest BCUT2D eigenvalue weighted by Gasteiger charge is 2.30. The largest absolute Gasteiger partial charge is 0.481 e. The molecule has 0 spiro atoms. The van der Waals surface area contributed by atoms with Crippen molar-refractivity contribution in [3.63, 3.8) is 0 Å². The van der Waals surface area contributed by atoms with Gasteiger partial charge in [-0.1, -0.05) is 20.8 Å². The standard InChI is InChI=1S/C14H27N3O4/c1-14(2,3)11(10-12(19)20)15-13(21)17-6-4-16(5-7-17)8-9-18/h11,18H,4-10H2,1-3H3,(H,15,21)(H,19,20). The zero-order chi connectivity index (χ0) is 16.0. The summed E-state index contributed by atoms with van der Waals surface area (Å²) in [5, 5.41) is 20.7. The highest BCUT2D eigenvalue weighted by molar-refractivity contribution is 5.76. The molecule has 1 atom stereocenters. The summed E-state index contributed by atoms with van der Waals surface area (Å²) >= 11 is 0. The number of amides is 2. The van der Waals surface area contributed by atoms with Crippen molar-refractivity contribution in [2.24, 2.45) is 5.41 Å². The third kappa shape index (κ3) is 5.89. The number of aliphatic carboxylic acids is 1. The highest BCUT2D eigenvalue weighted by Crippen LogP contribution is 2.22. The number of rotatable bonds is 5.